The predicted molar refractivity (Wildman–Crippen MR) is 96.6 cm³/mol. The molecule has 1 N–H and O–H groups in total. The molecule has 1 saturated heterocycles. The van der Waals surface area contributed by atoms with Crippen LogP contribution < -0.4 is 10.4 Å². The number of hydrogen-bond acceptors (Lipinski definition) is 5. The fourth-order valence-corrected chi connectivity index (χ4v) is 3.29. The van der Waals surface area contributed by atoms with Crippen molar-refractivity contribution in [2.75, 3.05) is 6.54 Å². The lowest BCUT2D eigenvalue weighted by molar-refractivity contribution is -0.266. The average Bonchev–Trinajstić information content (AvgIpc) is 3.13. The zero-order chi connectivity index (χ0) is 22.8. The number of aromatic nitrogens is 1. The van der Waals surface area contributed by atoms with Gasteiger partial charge in [-0.1, -0.05) is 12.1 Å². The summed E-state index contributed by atoms with van der Waals surface area (Å²) < 4.78 is 51.8. The van der Waals surface area contributed by atoms with Gasteiger partial charge in [-0.3, -0.25) is 9.78 Å². The number of hydrogen-bond donors (Lipinski definition) is 1. The molecular weight excluding hydrogens is 420 g/mol. The Bertz CT molecular complexity index is 1030. The van der Waals surface area contributed by atoms with Crippen LogP contribution in [0.15, 0.2) is 36.5 Å². The van der Waals surface area contributed by atoms with Crippen LogP contribution in [0.2, 0.25) is 0 Å². The van der Waals surface area contributed by atoms with Gasteiger partial charge in [-0.05, 0) is 23.8 Å². The number of carbonyl (C=O) groups is 2. The van der Waals surface area contributed by atoms with Crippen molar-refractivity contribution in [2.45, 2.75) is 31.4 Å². The van der Waals surface area contributed by atoms with Gasteiger partial charge in [0.25, 0.3) is 0 Å². The Morgan fingerprint density at radius 1 is 1.29 bits per heavy atom. The Morgan fingerprint density at radius 3 is 2.55 bits per heavy atom. The summed E-state index contributed by atoms with van der Waals surface area (Å²) in [6, 6.07) is 6.33. The number of alkyl halides is 4. The van der Waals surface area contributed by atoms with Crippen LogP contribution in [0.3, 0.4) is 0 Å². The number of nitrogens with zero attached hydrogens (tertiary/aromatic N) is 3. The molecule has 1 aromatic carbocycles. The van der Waals surface area contributed by atoms with Crippen molar-refractivity contribution >= 4 is 12.0 Å². The first-order valence-corrected chi connectivity index (χ1v) is 9.06. The third-order valence-corrected chi connectivity index (χ3v) is 4.84. The van der Waals surface area contributed by atoms with Crippen molar-refractivity contribution in [3.63, 3.8) is 0 Å². The topological polar surface area (TPSA) is 109 Å². The Kier molecular flexibility index (Phi) is 6.10. The first-order chi connectivity index (χ1) is 14.6. The molecule has 0 spiro atoms. The van der Waals surface area contributed by atoms with Gasteiger partial charge in [0.1, 0.15) is 24.4 Å². The molecule has 11 heteroatoms. The third-order valence-electron chi connectivity index (χ3n) is 4.84. The molecule has 2 atom stereocenters. The molecule has 0 aliphatic carbocycles. The van der Waals surface area contributed by atoms with E-state index in [9.17, 15) is 37.5 Å². The van der Waals surface area contributed by atoms with Crippen LogP contribution in [0.4, 0.5) is 22.4 Å². The van der Waals surface area contributed by atoms with E-state index in [1.165, 1.54) is 24.4 Å². The highest BCUT2D eigenvalue weighted by molar-refractivity contribution is 5.85. The van der Waals surface area contributed by atoms with Crippen LogP contribution in [0.1, 0.15) is 23.2 Å². The summed E-state index contributed by atoms with van der Waals surface area (Å²) >= 11 is 0. The number of pyridine rings is 1. The minimum Gasteiger partial charge on any atom is -0.530 e. The molecule has 1 fully saturated rings. The number of carboxylic acid groups (broad SMARTS) is 1. The minimum absolute atomic E-state index is 0.119. The van der Waals surface area contributed by atoms with E-state index in [0.717, 1.165) is 12.1 Å². The zero-order valence-electron chi connectivity index (χ0n) is 15.8. The van der Waals surface area contributed by atoms with E-state index in [1.54, 1.807) is 0 Å². The van der Waals surface area contributed by atoms with Crippen molar-refractivity contribution in [3.8, 4) is 17.2 Å². The molecule has 31 heavy (non-hydrogen) atoms. The normalized spacial score (nSPS) is 18.5. The molecule has 2 amide bonds. The van der Waals surface area contributed by atoms with Gasteiger partial charge < -0.3 is 20.1 Å². The molecule has 1 aliphatic heterocycles. The summed E-state index contributed by atoms with van der Waals surface area (Å²) in [7, 11) is 0. The molecule has 3 rings (SSSR count). The number of nitrogens with one attached hydrogen (secondary N) is 1. The van der Waals surface area contributed by atoms with Crippen LogP contribution in [0.5, 0.6) is 0 Å². The molecule has 1 aromatic heterocycles. The molecule has 0 bridgehead atoms. The number of likely N-dealkylation sites (tertiary alicyclic amines) is 1. The molecular formula is C20H15F4N4O3-. The number of benzene rings is 1. The maximum Gasteiger partial charge on any atom is 0.416 e. The summed E-state index contributed by atoms with van der Waals surface area (Å²) in [5.41, 5.74) is 0.220. The highest BCUT2D eigenvalue weighted by Gasteiger charge is 2.37. The summed E-state index contributed by atoms with van der Waals surface area (Å²) in [6.07, 6.45) is -6.70. The standard InChI is InChI=1S/C20H16F4N4O3/c21-14-5-17(28(10-14)19(30)31)18(29)27-9-15-6-16(12(7-25)8-26-15)11-1-3-13(4-2-11)20(22,23)24/h1-4,6,8,14,17H,5,9-10H2,(H,27,29)(H,30,31)/p-1/t14-,17+/m1/s1. The van der Waals surface area contributed by atoms with E-state index < -0.39 is 42.5 Å². The predicted octanol–water partition coefficient (Wildman–Crippen LogP) is 2.01. The monoisotopic (exact) mass is 435 g/mol. The average molecular weight is 435 g/mol. The maximum atomic E-state index is 13.5. The van der Waals surface area contributed by atoms with Crippen molar-refractivity contribution in [1.82, 2.24) is 15.2 Å². The Hall–Kier alpha value is -3.68. The fourth-order valence-electron chi connectivity index (χ4n) is 3.29. The molecule has 0 unspecified atom stereocenters. The molecule has 0 radical (unpaired) electrons. The van der Waals surface area contributed by atoms with Crippen LogP contribution in [0, 0.1) is 11.3 Å². The summed E-state index contributed by atoms with van der Waals surface area (Å²) in [6.45, 7) is -0.611. The minimum atomic E-state index is -4.50. The lowest BCUT2D eigenvalue weighted by Gasteiger charge is -2.25. The van der Waals surface area contributed by atoms with E-state index in [0.29, 0.717) is 16.0 Å². The molecule has 1 aliphatic rings. The van der Waals surface area contributed by atoms with Gasteiger partial charge >= 0.3 is 6.18 Å². The quantitative estimate of drug-likeness (QED) is 0.739. The van der Waals surface area contributed by atoms with Crippen molar-refractivity contribution in [1.29, 1.82) is 5.26 Å². The largest absolute Gasteiger partial charge is 0.530 e. The lowest BCUT2D eigenvalue weighted by Crippen LogP contribution is -2.50. The zero-order valence-corrected chi connectivity index (χ0v) is 15.8. The number of carbonyl (C=O) groups excluding carboxylic acids is 2. The Labute approximate surface area is 173 Å². The molecule has 2 aromatic rings. The SMILES string of the molecule is N#Cc1cnc(CNC(=O)[C@@H]2C[C@@H](F)CN2C(=O)[O-])cc1-c1ccc(C(F)(F)F)cc1. The van der Waals surface area contributed by atoms with Crippen molar-refractivity contribution in [2.24, 2.45) is 0 Å². The highest BCUT2D eigenvalue weighted by atomic mass is 19.4. The first kappa shape index (κ1) is 22.0. The van der Waals surface area contributed by atoms with E-state index in [1.807, 2.05) is 6.07 Å². The fraction of sp³-hybridized carbons (Fsp3) is 0.300. The van der Waals surface area contributed by atoms with Crippen LogP contribution >= 0.6 is 0 Å². The van der Waals surface area contributed by atoms with Crippen LogP contribution in [-0.4, -0.2) is 40.6 Å². The van der Waals surface area contributed by atoms with Gasteiger partial charge in [-0.25, -0.2) is 4.39 Å². The summed E-state index contributed by atoms with van der Waals surface area (Å²) in [5, 5.41) is 22.8. The van der Waals surface area contributed by atoms with Gasteiger partial charge in [0.2, 0.25) is 5.91 Å². The molecule has 7 nitrogen and oxygen atoms in total. The van der Waals surface area contributed by atoms with Gasteiger partial charge in [-0.15, -0.1) is 0 Å². The number of amides is 2. The third kappa shape index (κ3) is 4.91. The van der Waals surface area contributed by atoms with Crippen LogP contribution in [-0.2, 0) is 17.5 Å². The van der Waals surface area contributed by atoms with Crippen LogP contribution in [0.25, 0.3) is 11.1 Å². The molecule has 162 valence electrons. The van der Waals surface area contributed by atoms with Gasteiger partial charge in [0.15, 0.2) is 0 Å². The van der Waals surface area contributed by atoms with E-state index >= 15 is 0 Å². The van der Waals surface area contributed by atoms with E-state index in [2.05, 4.69) is 10.3 Å². The highest BCUT2D eigenvalue weighted by Crippen LogP contribution is 2.32. The van der Waals surface area contributed by atoms with Crippen molar-refractivity contribution < 1.29 is 32.3 Å². The lowest BCUT2D eigenvalue weighted by atomic mass is 10.00. The Morgan fingerprint density at radius 2 is 1.97 bits per heavy atom. The second-order valence-corrected chi connectivity index (χ2v) is 6.89. The second-order valence-electron chi connectivity index (χ2n) is 6.89. The van der Waals surface area contributed by atoms with Gasteiger partial charge in [-0.2, -0.15) is 18.4 Å². The number of rotatable bonds is 4. The van der Waals surface area contributed by atoms with Gasteiger partial charge in [0, 0.05) is 18.2 Å². The maximum absolute atomic E-state index is 13.5. The first-order valence-electron chi connectivity index (χ1n) is 9.06. The molecule has 2 heterocycles. The second kappa shape index (κ2) is 8.59. The molecule has 0 saturated carbocycles. The van der Waals surface area contributed by atoms with E-state index in [-0.39, 0.29) is 24.2 Å². The van der Waals surface area contributed by atoms with Gasteiger partial charge in [0.05, 0.1) is 29.9 Å². The van der Waals surface area contributed by atoms with E-state index in [4.69, 9.17) is 0 Å². The summed E-state index contributed by atoms with van der Waals surface area (Å²) in [4.78, 5) is 28.0. The summed E-state index contributed by atoms with van der Waals surface area (Å²) in [5.74, 6) is -0.730. The van der Waals surface area contributed by atoms with Crippen molar-refractivity contribution in [3.05, 3.63) is 53.3 Å². The number of halogens is 4. The number of nitriles is 1. The Balaban J connectivity index is 1.77. The smallest absolute Gasteiger partial charge is 0.416 e.